The van der Waals surface area contributed by atoms with Crippen LogP contribution in [0.1, 0.15) is 34.3 Å². The average molecular weight is 479 g/mol. The molecular weight excluding hydrogens is 458 g/mol. The summed E-state index contributed by atoms with van der Waals surface area (Å²) < 4.78 is 14.3. The van der Waals surface area contributed by atoms with E-state index in [1.807, 2.05) is 42.5 Å². The lowest BCUT2D eigenvalue weighted by atomic mass is 9.97. The van der Waals surface area contributed by atoms with Gasteiger partial charge in [-0.25, -0.2) is 4.39 Å². The first-order valence-electron chi connectivity index (χ1n) is 10.6. The van der Waals surface area contributed by atoms with Crippen molar-refractivity contribution in [3.8, 4) is 12.1 Å². The van der Waals surface area contributed by atoms with Gasteiger partial charge in [-0.15, -0.1) is 0 Å². The highest BCUT2D eigenvalue weighted by Gasteiger charge is 2.33. The molecule has 166 valence electrons. The van der Waals surface area contributed by atoms with Gasteiger partial charge in [-0.05, 0) is 53.6 Å². The molecule has 0 saturated carbocycles. The topological polar surface area (TPSA) is 54.1 Å². The van der Waals surface area contributed by atoms with Gasteiger partial charge in [-0.3, -0.25) is 4.90 Å². The van der Waals surface area contributed by atoms with E-state index in [4.69, 9.17) is 28.5 Å². The van der Waals surface area contributed by atoms with Crippen molar-refractivity contribution in [3.63, 3.8) is 0 Å². The number of alkyl halides is 1. The smallest absolute Gasteiger partial charge is 0.109 e. The number of nitrogens with zero attached hydrogens (tertiary/aromatic N) is 4. The van der Waals surface area contributed by atoms with Crippen LogP contribution in [0.15, 0.2) is 66.7 Å². The van der Waals surface area contributed by atoms with E-state index in [0.29, 0.717) is 40.8 Å². The largest absolute Gasteiger partial charge is 0.361 e. The second-order valence-electron chi connectivity index (χ2n) is 7.94. The Balaban J connectivity index is 1.68. The van der Waals surface area contributed by atoms with E-state index in [2.05, 4.69) is 21.9 Å². The Morgan fingerprint density at radius 1 is 0.909 bits per heavy atom. The zero-order valence-corrected chi connectivity index (χ0v) is 19.3. The van der Waals surface area contributed by atoms with Crippen molar-refractivity contribution in [1.82, 2.24) is 4.90 Å². The van der Waals surface area contributed by atoms with E-state index in [0.717, 1.165) is 16.8 Å². The van der Waals surface area contributed by atoms with Crippen molar-refractivity contribution in [2.75, 3.05) is 31.2 Å². The van der Waals surface area contributed by atoms with Crippen LogP contribution in [0.5, 0.6) is 0 Å². The van der Waals surface area contributed by atoms with E-state index < -0.39 is 12.7 Å². The number of halogens is 3. The SMILES string of the molecule is N#Cc1ccc([C@@H](CF)N2CCN(c3ccc(C#N)cc3Cl)[C@H](c3ccc(Cl)cc3)C2)cc1. The molecule has 3 aromatic carbocycles. The van der Waals surface area contributed by atoms with Gasteiger partial charge in [0, 0.05) is 24.7 Å². The summed E-state index contributed by atoms with van der Waals surface area (Å²) in [5, 5.41) is 19.4. The minimum atomic E-state index is -0.531. The van der Waals surface area contributed by atoms with E-state index in [-0.39, 0.29) is 6.04 Å². The Hall–Kier alpha value is -3.09. The second kappa shape index (κ2) is 10.2. The molecule has 0 bridgehead atoms. The van der Waals surface area contributed by atoms with Crippen molar-refractivity contribution in [1.29, 1.82) is 10.5 Å². The van der Waals surface area contributed by atoms with Gasteiger partial charge in [0.15, 0.2) is 0 Å². The molecule has 2 atom stereocenters. The van der Waals surface area contributed by atoms with Crippen LogP contribution in [0.3, 0.4) is 0 Å². The Bertz CT molecular complexity index is 1200. The minimum absolute atomic E-state index is 0.0890. The average Bonchev–Trinajstić information content (AvgIpc) is 2.85. The van der Waals surface area contributed by atoms with Crippen LogP contribution >= 0.6 is 23.2 Å². The summed E-state index contributed by atoms with van der Waals surface area (Å²) in [5.74, 6) is 0. The molecule has 0 radical (unpaired) electrons. The fourth-order valence-corrected chi connectivity index (χ4v) is 4.75. The second-order valence-corrected chi connectivity index (χ2v) is 8.78. The lowest BCUT2D eigenvalue weighted by Crippen LogP contribution is -2.50. The third kappa shape index (κ3) is 4.97. The van der Waals surface area contributed by atoms with Crippen LogP contribution < -0.4 is 4.90 Å². The van der Waals surface area contributed by atoms with E-state index in [9.17, 15) is 9.65 Å². The summed E-state index contributed by atoms with van der Waals surface area (Å²) in [6.45, 7) is 1.31. The van der Waals surface area contributed by atoms with Crippen molar-refractivity contribution in [2.24, 2.45) is 0 Å². The Morgan fingerprint density at radius 2 is 1.58 bits per heavy atom. The van der Waals surface area contributed by atoms with Gasteiger partial charge in [0.05, 0.1) is 46.1 Å². The summed E-state index contributed by atoms with van der Waals surface area (Å²) in [6.07, 6.45) is 0. The zero-order valence-electron chi connectivity index (χ0n) is 17.8. The third-order valence-electron chi connectivity index (χ3n) is 6.06. The van der Waals surface area contributed by atoms with E-state index >= 15 is 0 Å². The predicted octanol–water partition coefficient (Wildman–Crippen LogP) is 6.31. The Labute approximate surface area is 203 Å². The van der Waals surface area contributed by atoms with Gasteiger partial charge in [-0.1, -0.05) is 47.5 Å². The standard InChI is InChI=1S/C26H21Cl2FN4/c27-22-8-6-21(7-9-22)26-17-32(25(14-29)20-4-1-18(15-30)2-5-20)11-12-33(26)24-10-3-19(16-31)13-23(24)28/h1-10,13,25-26H,11-12,14,17H2/t25-,26+/m1/s1. The molecular formula is C26H21Cl2FN4. The van der Waals surface area contributed by atoms with Gasteiger partial charge in [0.2, 0.25) is 0 Å². The van der Waals surface area contributed by atoms with Crippen LogP contribution in [0.4, 0.5) is 10.1 Å². The number of hydrogen-bond donors (Lipinski definition) is 0. The number of anilines is 1. The number of piperazine rings is 1. The number of rotatable bonds is 5. The molecule has 3 aromatic rings. The van der Waals surface area contributed by atoms with Crippen molar-refractivity contribution in [2.45, 2.75) is 12.1 Å². The Kier molecular flexibility index (Phi) is 7.16. The highest BCUT2D eigenvalue weighted by Crippen LogP contribution is 2.38. The molecule has 33 heavy (non-hydrogen) atoms. The predicted molar refractivity (Wildman–Crippen MR) is 129 cm³/mol. The molecule has 4 rings (SSSR count). The van der Waals surface area contributed by atoms with E-state index in [1.165, 1.54) is 0 Å². The summed E-state index contributed by atoms with van der Waals surface area (Å²) in [4.78, 5) is 4.34. The van der Waals surface area contributed by atoms with Gasteiger partial charge in [-0.2, -0.15) is 10.5 Å². The molecule has 1 aliphatic heterocycles. The van der Waals surface area contributed by atoms with E-state index in [1.54, 1.807) is 24.3 Å². The van der Waals surface area contributed by atoms with Crippen molar-refractivity contribution < 1.29 is 4.39 Å². The molecule has 1 heterocycles. The molecule has 1 aliphatic rings. The van der Waals surface area contributed by atoms with Gasteiger partial charge < -0.3 is 4.90 Å². The number of nitriles is 2. The molecule has 0 spiro atoms. The monoisotopic (exact) mass is 478 g/mol. The van der Waals surface area contributed by atoms with Crippen LogP contribution in [-0.2, 0) is 0 Å². The van der Waals surface area contributed by atoms with Gasteiger partial charge in [0.25, 0.3) is 0 Å². The molecule has 1 saturated heterocycles. The normalized spacial score (nSPS) is 17.2. The lowest BCUT2D eigenvalue weighted by Gasteiger charge is -2.45. The Morgan fingerprint density at radius 3 is 2.18 bits per heavy atom. The fourth-order valence-electron chi connectivity index (χ4n) is 4.33. The van der Waals surface area contributed by atoms with Crippen molar-refractivity contribution >= 4 is 28.9 Å². The van der Waals surface area contributed by atoms with Crippen molar-refractivity contribution in [3.05, 3.63) is 99.0 Å². The fraction of sp³-hybridized carbons (Fsp3) is 0.231. The van der Waals surface area contributed by atoms with Crippen LogP contribution in [0.25, 0.3) is 0 Å². The zero-order chi connectivity index (χ0) is 23.4. The summed E-state index contributed by atoms with van der Waals surface area (Å²) in [5.41, 5.74) is 3.78. The molecule has 0 aliphatic carbocycles. The molecule has 0 aromatic heterocycles. The highest BCUT2D eigenvalue weighted by molar-refractivity contribution is 6.33. The van der Waals surface area contributed by atoms with Crippen LogP contribution in [-0.4, -0.2) is 31.2 Å². The summed E-state index contributed by atoms with van der Waals surface area (Å²) >= 11 is 12.7. The third-order valence-corrected chi connectivity index (χ3v) is 6.62. The molecule has 0 unspecified atom stereocenters. The minimum Gasteiger partial charge on any atom is -0.361 e. The first kappa shape index (κ1) is 23.1. The summed E-state index contributed by atoms with van der Waals surface area (Å²) in [6, 6.07) is 23.8. The van der Waals surface area contributed by atoms with Gasteiger partial charge >= 0.3 is 0 Å². The molecule has 0 amide bonds. The molecule has 1 fully saturated rings. The summed E-state index contributed by atoms with van der Waals surface area (Å²) in [7, 11) is 0. The number of benzene rings is 3. The maximum absolute atomic E-state index is 14.3. The maximum Gasteiger partial charge on any atom is 0.109 e. The van der Waals surface area contributed by atoms with Crippen LogP contribution in [0, 0.1) is 22.7 Å². The number of hydrogen-bond acceptors (Lipinski definition) is 4. The molecule has 7 heteroatoms. The first-order valence-corrected chi connectivity index (χ1v) is 11.3. The first-order chi connectivity index (χ1) is 16.0. The highest BCUT2D eigenvalue weighted by atomic mass is 35.5. The molecule has 4 nitrogen and oxygen atoms in total. The quantitative estimate of drug-likeness (QED) is 0.430. The van der Waals surface area contributed by atoms with Crippen LogP contribution in [0.2, 0.25) is 10.0 Å². The lowest BCUT2D eigenvalue weighted by molar-refractivity contribution is 0.136. The van der Waals surface area contributed by atoms with Gasteiger partial charge in [0.1, 0.15) is 6.67 Å². The maximum atomic E-state index is 14.3. The molecule has 0 N–H and O–H groups in total.